The molecule has 0 aliphatic heterocycles. The Morgan fingerprint density at radius 1 is 1.44 bits per heavy atom. The van der Waals surface area contributed by atoms with E-state index < -0.39 is 17.8 Å². The first kappa shape index (κ1) is 15.2. The quantitative estimate of drug-likeness (QED) is 0.872. The lowest BCUT2D eigenvalue weighted by atomic mass is 10.1. The van der Waals surface area contributed by atoms with Crippen LogP contribution in [0.25, 0.3) is 0 Å². The summed E-state index contributed by atoms with van der Waals surface area (Å²) in [5.41, 5.74) is -0.526. The predicted molar refractivity (Wildman–Crippen MR) is 67.3 cm³/mol. The second-order valence-electron chi connectivity index (χ2n) is 3.79. The predicted octanol–water partition coefficient (Wildman–Crippen LogP) is 3.24. The molecule has 6 heteroatoms. The van der Waals surface area contributed by atoms with E-state index in [2.05, 4.69) is 27.8 Å². The SMILES string of the molecule is C=C(Br)CNCC(O)c1cccc(C(F)(F)F)c1. The zero-order valence-electron chi connectivity index (χ0n) is 9.47. The molecule has 0 aromatic heterocycles. The maximum Gasteiger partial charge on any atom is 0.416 e. The highest BCUT2D eigenvalue weighted by Crippen LogP contribution is 2.30. The van der Waals surface area contributed by atoms with Gasteiger partial charge in [0.1, 0.15) is 0 Å². The first-order chi connectivity index (χ1) is 8.30. The molecule has 0 saturated carbocycles. The molecule has 1 aromatic rings. The second-order valence-corrected chi connectivity index (χ2v) is 4.91. The first-order valence-corrected chi connectivity index (χ1v) is 5.99. The van der Waals surface area contributed by atoms with Crippen LogP contribution in [0, 0.1) is 0 Å². The summed E-state index contributed by atoms with van der Waals surface area (Å²) in [5.74, 6) is 0. The van der Waals surface area contributed by atoms with Gasteiger partial charge in [-0.1, -0.05) is 34.6 Å². The maximum atomic E-state index is 12.5. The standard InChI is InChI=1S/C12H13BrF3NO/c1-8(13)6-17-7-11(18)9-3-2-4-10(5-9)12(14,15)16/h2-5,11,17-18H,1,6-7H2. The summed E-state index contributed by atoms with van der Waals surface area (Å²) in [6.07, 6.45) is -5.38. The Bertz CT molecular complexity index is 420. The minimum Gasteiger partial charge on any atom is -0.387 e. The molecular weight excluding hydrogens is 311 g/mol. The van der Waals surface area contributed by atoms with E-state index in [4.69, 9.17) is 0 Å². The highest BCUT2D eigenvalue weighted by Gasteiger charge is 2.30. The Hall–Kier alpha value is -0.850. The van der Waals surface area contributed by atoms with Crippen molar-refractivity contribution in [1.29, 1.82) is 0 Å². The number of benzene rings is 1. The van der Waals surface area contributed by atoms with Crippen molar-refractivity contribution in [3.8, 4) is 0 Å². The molecule has 0 saturated heterocycles. The Morgan fingerprint density at radius 2 is 2.11 bits per heavy atom. The van der Waals surface area contributed by atoms with Crippen molar-refractivity contribution in [3.63, 3.8) is 0 Å². The highest BCUT2D eigenvalue weighted by molar-refractivity contribution is 9.11. The maximum absolute atomic E-state index is 12.5. The average molecular weight is 324 g/mol. The molecule has 1 unspecified atom stereocenters. The van der Waals surface area contributed by atoms with Gasteiger partial charge in [0.05, 0.1) is 11.7 Å². The summed E-state index contributed by atoms with van der Waals surface area (Å²) in [5, 5.41) is 12.6. The molecular formula is C12H13BrF3NO. The summed E-state index contributed by atoms with van der Waals surface area (Å²) < 4.78 is 38.1. The summed E-state index contributed by atoms with van der Waals surface area (Å²) >= 11 is 3.13. The zero-order valence-corrected chi connectivity index (χ0v) is 11.1. The molecule has 0 amide bonds. The van der Waals surface area contributed by atoms with Gasteiger partial charge in [0, 0.05) is 17.6 Å². The van der Waals surface area contributed by atoms with Crippen LogP contribution < -0.4 is 5.32 Å². The molecule has 100 valence electrons. The van der Waals surface area contributed by atoms with Gasteiger partial charge in [-0.2, -0.15) is 13.2 Å². The first-order valence-electron chi connectivity index (χ1n) is 5.20. The number of aliphatic hydroxyl groups is 1. The lowest BCUT2D eigenvalue weighted by Crippen LogP contribution is -2.22. The third-order valence-corrected chi connectivity index (χ3v) is 2.53. The number of alkyl halides is 3. The van der Waals surface area contributed by atoms with Gasteiger partial charge >= 0.3 is 6.18 Å². The van der Waals surface area contributed by atoms with Crippen LogP contribution in [0.2, 0.25) is 0 Å². The fraction of sp³-hybridized carbons (Fsp3) is 0.333. The van der Waals surface area contributed by atoms with Crippen molar-refractivity contribution in [2.75, 3.05) is 13.1 Å². The van der Waals surface area contributed by atoms with Crippen LogP contribution >= 0.6 is 15.9 Å². The van der Waals surface area contributed by atoms with E-state index >= 15 is 0 Å². The fourth-order valence-corrected chi connectivity index (χ4v) is 1.58. The van der Waals surface area contributed by atoms with Crippen molar-refractivity contribution >= 4 is 15.9 Å². The van der Waals surface area contributed by atoms with Crippen LogP contribution in [0.5, 0.6) is 0 Å². The van der Waals surface area contributed by atoms with Gasteiger partial charge in [-0.15, -0.1) is 0 Å². The van der Waals surface area contributed by atoms with Crippen LogP contribution in [0.3, 0.4) is 0 Å². The Balaban J connectivity index is 2.68. The third kappa shape index (κ3) is 4.80. The summed E-state index contributed by atoms with van der Waals surface area (Å²) in [4.78, 5) is 0. The van der Waals surface area contributed by atoms with E-state index in [1.807, 2.05) is 0 Å². The van der Waals surface area contributed by atoms with Crippen LogP contribution in [0.15, 0.2) is 35.3 Å². The summed E-state index contributed by atoms with van der Waals surface area (Å²) in [6.45, 7) is 4.19. The Labute approximate surface area is 112 Å². The summed E-state index contributed by atoms with van der Waals surface area (Å²) in [6, 6.07) is 4.68. The van der Waals surface area contributed by atoms with E-state index in [-0.39, 0.29) is 12.1 Å². The van der Waals surface area contributed by atoms with E-state index in [0.717, 1.165) is 12.1 Å². The van der Waals surface area contributed by atoms with Gasteiger partial charge in [-0.25, -0.2) is 0 Å². The molecule has 2 N–H and O–H groups in total. The van der Waals surface area contributed by atoms with Crippen LogP contribution in [0.4, 0.5) is 13.2 Å². The lowest BCUT2D eigenvalue weighted by Gasteiger charge is -2.14. The topological polar surface area (TPSA) is 32.3 Å². The van der Waals surface area contributed by atoms with Crippen LogP contribution in [-0.4, -0.2) is 18.2 Å². The molecule has 0 radical (unpaired) electrons. The number of aliphatic hydroxyl groups excluding tert-OH is 1. The Morgan fingerprint density at radius 3 is 2.67 bits per heavy atom. The number of hydrogen-bond acceptors (Lipinski definition) is 2. The van der Waals surface area contributed by atoms with Gasteiger partial charge in [0.2, 0.25) is 0 Å². The van der Waals surface area contributed by atoms with Gasteiger partial charge < -0.3 is 10.4 Å². The molecule has 0 bridgehead atoms. The lowest BCUT2D eigenvalue weighted by molar-refractivity contribution is -0.137. The smallest absolute Gasteiger partial charge is 0.387 e. The highest BCUT2D eigenvalue weighted by atomic mass is 79.9. The molecule has 1 atom stereocenters. The number of nitrogens with one attached hydrogen (secondary N) is 1. The van der Waals surface area contributed by atoms with E-state index in [1.54, 1.807) is 0 Å². The molecule has 1 rings (SSSR count). The van der Waals surface area contributed by atoms with Crippen molar-refractivity contribution in [3.05, 3.63) is 46.5 Å². The minimum absolute atomic E-state index is 0.159. The van der Waals surface area contributed by atoms with Gasteiger partial charge in [-0.3, -0.25) is 0 Å². The molecule has 2 nitrogen and oxygen atoms in total. The number of rotatable bonds is 5. The van der Waals surface area contributed by atoms with Gasteiger partial charge in [0.15, 0.2) is 0 Å². The number of hydrogen-bond donors (Lipinski definition) is 2. The largest absolute Gasteiger partial charge is 0.416 e. The normalized spacial score (nSPS) is 13.4. The van der Waals surface area contributed by atoms with E-state index in [9.17, 15) is 18.3 Å². The van der Waals surface area contributed by atoms with Crippen molar-refractivity contribution in [1.82, 2.24) is 5.32 Å². The van der Waals surface area contributed by atoms with E-state index in [1.165, 1.54) is 12.1 Å². The zero-order chi connectivity index (χ0) is 13.8. The molecule has 0 aliphatic carbocycles. The van der Waals surface area contributed by atoms with Gasteiger partial charge in [-0.05, 0) is 17.7 Å². The molecule has 0 heterocycles. The monoisotopic (exact) mass is 323 g/mol. The van der Waals surface area contributed by atoms with E-state index in [0.29, 0.717) is 11.0 Å². The van der Waals surface area contributed by atoms with Crippen molar-refractivity contribution in [2.24, 2.45) is 0 Å². The van der Waals surface area contributed by atoms with Crippen LogP contribution in [-0.2, 0) is 6.18 Å². The molecule has 0 fully saturated rings. The Kier molecular flexibility index (Phi) is 5.37. The molecule has 0 spiro atoms. The third-order valence-electron chi connectivity index (χ3n) is 2.25. The molecule has 0 aliphatic rings. The summed E-state index contributed by atoms with van der Waals surface area (Å²) in [7, 11) is 0. The second kappa shape index (κ2) is 6.36. The van der Waals surface area contributed by atoms with Crippen molar-refractivity contribution in [2.45, 2.75) is 12.3 Å². The molecule has 1 aromatic carbocycles. The fourth-order valence-electron chi connectivity index (χ4n) is 1.38. The average Bonchev–Trinajstić information content (AvgIpc) is 2.27. The molecule has 18 heavy (non-hydrogen) atoms. The van der Waals surface area contributed by atoms with Crippen LogP contribution in [0.1, 0.15) is 17.2 Å². The minimum atomic E-state index is -4.40. The van der Waals surface area contributed by atoms with Gasteiger partial charge in [0.25, 0.3) is 0 Å². The number of halogens is 4. The van der Waals surface area contributed by atoms with Crippen molar-refractivity contribution < 1.29 is 18.3 Å².